The first kappa shape index (κ1) is 9.76. The normalized spacial score (nSPS) is 12.1. The summed E-state index contributed by atoms with van der Waals surface area (Å²) < 4.78 is 0. The number of rotatable bonds is 3. The summed E-state index contributed by atoms with van der Waals surface area (Å²) in [5, 5.41) is 8.47. The monoisotopic (exact) mass is 174 g/mol. The van der Waals surface area contributed by atoms with Crippen LogP contribution in [0.5, 0.6) is 0 Å². The van der Waals surface area contributed by atoms with E-state index >= 15 is 0 Å². The third kappa shape index (κ3) is 2.57. The van der Waals surface area contributed by atoms with Gasteiger partial charge >= 0.3 is 0 Å². The van der Waals surface area contributed by atoms with Crippen molar-refractivity contribution in [1.82, 2.24) is 0 Å². The van der Waals surface area contributed by atoms with Gasteiger partial charge in [-0.1, -0.05) is 31.2 Å². The van der Waals surface area contributed by atoms with Crippen molar-refractivity contribution in [2.24, 2.45) is 5.73 Å². The third-order valence-corrected chi connectivity index (χ3v) is 2.13. The number of hydrogen-bond acceptors (Lipinski definition) is 2. The molecule has 0 unspecified atom stereocenters. The average Bonchev–Trinajstić information content (AvgIpc) is 2.18. The Morgan fingerprint density at radius 1 is 1.38 bits per heavy atom. The van der Waals surface area contributed by atoms with Crippen molar-refractivity contribution in [1.29, 1.82) is 5.26 Å². The number of aryl methyl sites for hydroxylation is 1. The van der Waals surface area contributed by atoms with Crippen molar-refractivity contribution in [2.45, 2.75) is 25.8 Å². The lowest BCUT2D eigenvalue weighted by atomic mass is 10.0. The maximum atomic E-state index is 8.47. The van der Waals surface area contributed by atoms with Crippen molar-refractivity contribution < 1.29 is 0 Å². The van der Waals surface area contributed by atoms with Gasteiger partial charge in [-0.25, -0.2) is 0 Å². The lowest BCUT2D eigenvalue weighted by Crippen LogP contribution is -2.08. The molecule has 2 heteroatoms. The molecule has 13 heavy (non-hydrogen) atoms. The molecule has 0 saturated heterocycles. The van der Waals surface area contributed by atoms with Crippen LogP contribution in [0.25, 0.3) is 0 Å². The smallest absolute Gasteiger partial charge is 0.0641 e. The van der Waals surface area contributed by atoms with Crippen LogP contribution in [-0.4, -0.2) is 0 Å². The van der Waals surface area contributed by atoms with Gasteiger partial charge in [0.2, 0.25) is 0 Å². The summed E-state index contributed by atoms with van der Waals surface area (Å²) in [4.78, 5) is 0. The highest BCUT2D eigenvalue weighted by Gasteiger charge is 2.03. The average molecular weight is 174 g/mol. The molecule has 0 saturated carbocycles. The van der Waals surface area contributed by atoms with Gasteiger partial charge in [0.25, 0.3) is 0 Å². The highest BCUT2D eigenvalue weighted by Crippen LogP contribution is 2.14. The van der Waals surface area contributed by atoms with E-state index in [1.807, 2.05) is 12.1 Å². The molecule has 1 rings (SSSR count). The summed E-state index contributed by atoms with van der Waals surface area (Å²) in [7, 11) is 0. The van der Waals surface area contributed by atoms with Gasteiger partial charge in [-0.05, 0) is 17.5 Å². The van der Waals surface area contributed by atoms with E-state index in [1.54, 1.807) is 0 Å². The minimum absolute atomic E-state index is 0.143. The van der Waals surface area contributed by atoms with Crippen molar-refractivity contribution in [3.8, 4) is 6.07 Å². The Morgan fingerprint density at radius 2 is 2.00 bits per heavy atom. The fourth-order valence-electron chi connectivity index (χ4n) is 1.22. The molecule has 0 spiro atoms. The topological polar surface area (TPSA) is 49.8 Å². The molecule has 0 amide bonds. The number of nitriles is 1. The van der Waals surface area contributed by atoms with E-state index in [-0.39, 0.29) is 6.04 Å². The van der Waals surface area contributed by atoms with E-state index in [4.69, 9.17) is 11.0 Å². The van der Waals surface area contributed by atoms with Gasteiger partial charge in [0, 0.05) is 6.04 Å². The molecular weight excluding hydrogens is 160 g/mol. The second-order valence-corrected chi connectivity index (χ2v) is 3.06. The molecule has 0 bridgehead atoms. The predicted molar refractivity (Wildman–Crippen MR) is 53.0 cm³/mol. The molecule has 2 nitrogen and oxygen atoms in total. The highest BCUT2D eigenvalue weighted by atomic mass is 14.6. The van der Waals surface area contributed by atoms with Crippen LogP contribution < -0.4 is 5.73 Å². The summed E-state index contributed by atoms with van der Waals surface area (Å²) in [6.07, 6.45) is 1.42. The Kier molecular flexibility index (Phi) is 3.48. The second-order valence-electron chi connectivity index (χ2n) is 3.06. The van der Waals surface area contributed by atoms with Crippen LogP contribution in [0, 0.1) is 11.3 Å². The number of hydrogen-bond donors (Lipinski definition) is 1. The first-order valence-corrected chi connectivity index (χ1v) is 4.49. The number of nitrogens with two attached hydrogens (primary N) is 1. The summed E-state index contributed by atoms with van der Waals surface area (Å²) in [6.45, 7) is 2.12. The lowest BCUT2D eigenvalue weighted by Gasteiger charge is -2.07. The fourth-order valence-corrected chi connectivity index (χ4v) is 1.22. The van der Waals surface area contributed by atoms with E-state index in [2.05, 4.69) is 25.1 Å². The van der Waals surface area contributed by atoms with Gasteiger partial charge in [0.1, 0.15) is 0 Å². The van der Waals surface area contributed by atoms with Gasteiger partial charge in [-0.3, -0.25) is 0 Å². The van der Waals surface area contributed by atoms with Crippen LogP contribution in [0.15, 0.2) is 24.3 Å². The van der Waals surface area contributed by atoms with E-state index in [0.717, 1.165) is 12.0 Å². The highest BCUT2D eigenvalue weighted by molar-refractivity contribution is 5.25. The SMILES string of the molecule is CCc1ccc([C@@H](N)CC#N)cc1. The molecule has 1 aromatic carbocycles. The lowest BCUT2D eigenvalue weighted by molar-refractivity contribution is 0.748. The van der Waals surface area contributed by atoms with E-state index < -0.39 is 0 Å². The van der Waals surface area contributed by atoms with Crippen molar-refractivity contribution >= 4 is 0 Å². The second kappa shape index (κ2) is 4.64. The van der Waals surface area contributed by atoms with Gasteiger partial charge in [-0.15, -0.1) is 0 Å². The van der Waals surface area contributed by atoms with Crippen LogP contribution in [0.1, 0.15) is 30.5 Å². The summed E-state index contributed by atoms with van der Waals surface area (Å²) in [5.74, 6) is 0. The maximum Gasteiger partial charge on any atom is 0.0641 e. The first-order chi connectivity index (χ1) is 6.27. The van der Waals surface area contributed by atoms with Crippen molar-refractivity contribution in [2.75, 3.05) is 0 Å². The molecule has 2 N–H and O–H groups in total. The molecule has 0 radical (unpaired) electrons. The Bertz CT molecular complexity index is 295. The summed E-state index contributed by atoms with van der Waals surface area (Å²) in [5.41, 5.74) is 8.11. The quantitative estimate of drug-likeness (QED) is 0.763. The molecule has 1 atom stereocenters. The molecule has 0 fully saturated rings. The van der Waals surface area contributed by atoms with E-state index in [1.165, 1.54) is 5.56 Å². The number of benzene rings is 1. The Hall–Kier alpha value is -1.33. The molecule has 0 aliphatic heterocycles. The zero-order valence-corrected chi connectivity index (χ0v) is 7.83. The molecule has 0 aliphatic rings. The predicted octanol–water partition coefficient (Wildman–Crippen LogP) is 2.16. The first-order valence-electron chi connectivity index (χ1n) is 4.49. The Labute approximate surface area is 79.0 Å². The summed E-state index contributed by atoms with van der Waals surface area (Å²) in [6, 6.07) is 10.1. The molecule has 1 aromatic rings. The van der Waals surface area contributed by atoms with Gasteiger partial charge in [0.15, 0.2) is 0 Å². The third-order valence-electron chi connectivity index (χ3n) is 2.13. The van der Waals surface area contributed by atoms with Crippen molar-refractivity contribution in [3.63, 3.8) is 0 Å². The Balaban J connectivity index is 2.74. The van der Waals surface area contributed by atoms with Crippen LogP contribution in [0.2, 0.25) is 0 Å². The molecule has 0 aliphatic carbocycles. The van der Waals surface area contributed by atoms with Crippen molar-refractivity contribution in [3.05, 3.63) is 35.4 Å². The van der Waals surface area contributed by atoms with Crippen LogP contribution in [0.3, 0.4) is 0 Å². The molecule has 0 heterocycles. The summed E-state index contributed by atoms with van der Waals surface area (Å²) >= 11 is 0. The molecule has 0 aromatic heterocycles. The van der Waals surface area contributed by atoms with Crippen LogP contribution in [-0.2, 0) is 6.42 Å². The molecular formula is C11H14N2. The zero-order chi connectivity index (χ0) is 9.68. The fraction of sp³-hybridized carbons (Fsp3) is 0.364. The van der Waals surface area contributed by atoms with E-state index in [0.29, 0.717) is 6.42 Å². The van der Waals surface area contributed by atoms with Gasteiger partial charge < -0.3 is 5.73 Å². The van der Waals surface area contributed by atoms with E-state index in [9.17, 15) is 0 Å². The largest absolute Gasteiger partial charge is 0.323 e. The molecule has 68 valence electrons. The Morgan fingerprint density at radius 3 is 2.46 bits per heavy atom. The van der Waals surface area contributed by atoms with Crippen LogP contribution in [0.4, 0.5) is 0 Å². The number of nitrogens with zero attached hydrogens (tertiary/aromatic N) is 1. The minimum Gasteiger partial charge on any atom is -0.323 e. The van der Waals surface area contributed by atoms with Gasteiger partial charge in [0.05, 0.1) is 12.5 Å². The standard InChI is InChI=1S/C11H14N2/c1-2-9-3-5-10(6-4-9)11(13)7-8-12/h3-6,11H,2,7,13H2,1H3/t11-/m0/s1. The van der Waals surface area contributed by atoms with Gasteiger partial charge in [-0.2, -0.15) is 5.26 Å². The minimum atomic E-state index is -0.143. The van der Waals surface area contributed by atoms with Crippen LogP contribution >= 0.6 is 0 Å². The zero-order valence-electron chi connectivity index (χ0n) is 7.83. The maximum absolute atomic E-state index is 8.47.